The number of rotatable bonds is 3. The molecule has 4 aliphatic rings. The molecule has 26 heavy (non-hydrogen) atoms. The zero-order chi connectivity index (χ0) is 18.4. The van der Waals surface area contributed by atoms with Gasteiger partial charge in [0, 0.05) is 33.7 Å². The fourth-order valence-electron chi connectivity index (χ4n) is 3.69. The normalized spacial score (nSPS) is 26.9. The van der Waals surface area contributed by atoms with Gasteiger partial charge in [-0.25, -0.2) is 9.37 Å². The number of hydrazone groups is 1. The summed E-state index contributed by atoms with van der Waals surface area (Å²) >= 11 is 0. The number of nitrogens with zero attached hydrogens (tertiary/aromatic N) is 7. The van der Waals surface area contributed by atoms with Gasteiger partial charge >= 0.3 is 12.0 Å². The van der Waals surface area contributed by atoms with Gasteiger partial charge in [-0.1, -0.05) is 4.99 Å². The highest BCUT2D eigenvalue weighted by Gasteiger charge is 2.53. The number of urea groups is 1. The number of hydrogen-bond donors (Lipinski definition) is 0. The van der Waals surface area contributed by atoms with E-state index in [1.54, 1.807) is 7.05 Å². The van der Waals surface area contributed by atoms with Crippen LogP contribution in [-0.4, -0.2) is 120 Å². The second kappa shape index (κ2) is 6.44. The highest BCUT2D eigenvalue weighted by atomic mass is 16.5. The first-order chi connectivity index (χ1) is 12.5. The summed E-state index contributed by atoms with van der Waals surface area (Å²) in [5, 5.41) is 6.49. The molecule has 4 heterocycles. The smallest absolute Gasteiger partial charge is 0.379 e. The second-order valence-corrected chi connectivity index (χ2v) is 6.95. The predicted octanol–water partition coefficient (Wildman–Crippen LogP) is -1.32. The van der Waals surface area contributed by atoms with Crippen LogP contribution in [-0.2, 0) is 9.53 Å². The van der Waals surface area contributed by atoms with Gasteiger partial charge in [0.1, 0.15) is 13.1 Å². The molecular formula is C16H24N7O3+. The Hall–Kier alpha value is -2.33. The Morgan fingerprint density at radius 1 is 1.15 bits per heavy atom. The van der Waals surface area contributed by atoms with Crippen molar-refractivity contribution in [2.45, 2.75) is 13.0 Å². The van der Waals surface area contributed by atoms with Gasteiger partial charge in [-0.05, 0) is 6.92 Å². The Morgan fingerprint density at radius 2 is 1.88 bits per heavy atom. The van der Waals surface area contributed by atoms with E-state index in [-0.39, 0.29) is 11.9 Å². The van der Waals surface area contributed by atoms with E-state index in [4.69, 9.17) is 4.74 Å². The molecule has 2 fully saturated rings. The van der Waals surface area contributed by atoms with Crippen LogP contribution in [0.3, 0.4) is 0 Å². The molecule has 10 heteroatoms. The largest absolute Gasteiger partial charge is 0.416 e. The number of likely N-dealkylation sites (N-methyl/N-ethyl adjacent to an activating group) is 2. The molecule has 4 aliphatic heterocycles. The van der Waals surface area contributed by atoms with Gasteiger partial charge in [0.05, 0.1) is 18.9 Å². The highest BCUT2D eigenvalue weighted by molar-refractivity contribution is 6.23. The first-order valence-corrected chi connectivity index (χ1v) is 8.86. The quantitative estimate of drug-likeness (QED) is 0.582. The van der Waals surface area contributed by atoms with Gasteiger partial charge in [0.25, 0.3) is 5.91 Å². The number of hydrogen-bond acceptors (Lipinski definition) is 7. The third-order valence-electron chi connectivity index (χ3n) is 5.16. The molecule has 1 unspecified atom stereocenters. The number of morpholine rings is 1. The molecule has 2 saturated heterocycles. The summed E-state index contributed by atoms with van der Waals surface area (Å²) in [5.74, 6) is 0.881. The summed E-state index contributed by atoms with van der Waals surface area (Å²) < 4.78 is 7.33. The van der Waals surface area contributed by atoms with Gasteiger partial charge in [-0.2, -0.15) is 0 Å². The Balaban J connectivity index is 1.58. The Labute approximate surface area is 152 Å². The lowest BCUT2D eigenvalue weighted by atomic mass is 10.1. The van der Waals surface area contributed by atoms with Crippen LogP contribution in [0.1, 0.15) is 6.92 Å². The summed E-state index contributed by atoms with van der Waals surface area (Å²) in [6.07, 6.45) is 0. The monoisotopic (exact) mass is 362 g/mol. The third kappa shape index (κ3) is 2.69. The van der Waals surface area contributed by atoms with Crippen LogP contribution in [0.25, 0.3) is 0 Å². The lowest BCUT2D eigenvalue weighted by Crippen LogP contribution is -2.62. The average molecular weight is 362 g/mol. The summed E-state index contributed by atoms with van der Waals surface area (Å²) in [5.41, 5.74) is 0.919. The van der Waals surface area contributed by atoms with Crippen LogP contribution in [0.15, 0.2) is 10.1 Å². The average Bonchev–Trinajstić information content (AvgIpc) is 3.03. The maximum Gasteiger partial charge on any atom is 0.416 e. The molecule has 0 aliphatic carbocycles. The molecule has 0 N–H and O–H groups in total. The molecule has 10 nitrogen and oxygen atoms in total. The van der Waals surface area contributed by atoms with Crippen molar-refractivity contribution in [3.63, 3.8) is 0 Å². The van der Waals surface area contributed by atoms with E-state index in [1.165, 1.54) is 11.9 Å². The number of imide groups is 1. The molecule has 0 spiro atoms. The number of guanidine groups is 1. The SMILES string of the molecule is CC1=NN(CCN2CCOCC2)C2=[N+](C1)C1C(=O)N(C)C(=O)N(C)C1=N2. The summed E-state index contributed by atoms with van der Waals surface area (Å²) in [6.45, 7) is 7.32. The predicted molar refractivity (Wildman–Crippen MR) is 94.4 cm³/mol. The van der Waals surface area contributed by atoms with Gasteiger partial charge in [0.2, 0.25) is 11.9 Å². The van der Waals surface area contributed by atoms with E-state index < -0.39 is 6.04 Å². The molecule has 0 aromatic rings. The van der Waals surface area contributed by atoms with Crippen LogP contribution < -0.4 is 0 Å². The van der Waals surface area contributed by atoms with E-state index in [2.05, 4.69) is 15.0 Å². The number of amidine groups is 1. The Morgan fingerprint density at radius 3 is 2.62 bits per heavy atom. The highest BCUT2D eigenvalue weighted by Crippen LogP contribution is 2.22. The van der Waals surface area contributed by atoms with Crippen LogP contribution in [0.5, 0.6) is 0 Å². The van der Waals surface area contributed by atoms with E-state index in [9.17, 15) is 9.59 Å². The fourth-order valence-corrected chi connectivity index (χ4v) is 3.69. The molecule has 0 aromatic heterocycles. The number of carbonyl (C=O) groups excluding carboxylic acids is 2. The van der Waals surface area contributed by atoms with E-state index in [0.29, 0.717) is 24.9 Å². The minimum atomic E-state index is -0.561. The third-order valence-corrected chi connectivity index (χ3v) is 5.16. The van der Waals surface area contributed by atoms with Crippen molar-refractivity contribution < 1.29 is 18.9 Å². The molecule has 4 rings (SSSR count). The zero-order valence-electron chi connectivity index (χ0n) is 15.4. The number of carbonyl (C=O) groups is 2. The fraction of sp³-hybridized carbons (Fsp3) is 0.688. The van der Waals surface area contributed by atoms with E-state index in [1.807, 2.05) is 16.5 Å². The zero-order valence-corrected chi connectivity index (χ0v) is 15.4. The van der Waals surface area contributed by atoms with Crippen LogP contribution in [0.4, 0.5) is 4.79 Å². The first kappa shape index (κ1) is 17.1. The number of fused-ring (bicyclic) bond motifs is 2. The van der Waals surface area contributed by atoms with Crippen molar-refractivity contribution in [1.29, 1.82) is 0 Å². The number of amides is 3. The van der Waals surface area contributed by atoms with Crippen LogP contribution in [0.2, 0.25) is 0 Å². The maximum absolute atomic E-state index is 12.7. The van der Waals surface area contributed by atoms with Crippen molar-refractivity contribution in [3.8, 4) is 0 Å². The summed E-state index contributed by atoms with van der Waals surface area (Å²) in [7, 11) is 3.17. The van der Waals surface area contributed by atoms with Crippen molar-refractivity contribution in [2.75, 3.05) is 60.0 Å². The first-order valence-electron chi connectivity index (χ1n) is 8.86. The molecule has 0 bridgehead atoms. The van der Waals surface area contributed by atoms with Crippen LogP contribution in [0, 0.1) is 0 Å². The minimum Gasteiger partial charge on any atom is -0.379 e. The van der Waals surface area contributed by atoms with Crippen LogP contribution >= 0.6 is 0 Å². The van der Waals surface area contributed by atoms with Crippen molar-refractivity contribution in [2.24, 2.45) is 10.1 Å². The van der Waals surface area contributed by atoms with Crippen molar-refractivity contribution in [1.82, 2.24) is 19.7 Å². The summed E-state index contributed by atoms with van der Waals surface area (Å²) in [4.78, 5) is 34.5. The van der Waals surface area contributed by atoms with Crippen molar-refractivity contribution >= 4 is 29.4 Å². The van der Waals surface area contributed by atoms with E-state index in [0.717, 1.165) is 43.5 Å². The number of ether oxygens (including phenoxy) is 1. The second-order valence-electron chi connectivity index (χ2n) is 6.95. The van der Waals surface area contributed by atoms with Crippen molar-refractivity contribution in [3.05, 3.63) is 0 Å². The molecule has 0 aromatic carbocycles. The van der Waals surface area contributed by atoms with Gasteiger partial charge < -0.3 is 4.74 Å². The molecule has 0 saturated carbocycles. The van der Waals surface area contributed by atoms with Gasteiger partial charge in [0.15, 0.2) is 0 Å². The number of aliphatic imine (C=N–C) groups is 1. The molecule has 140 valence electrons. The maximum atomic E-state index is 12.7. The Kier molecular flexibility index (Phi) is 4.23. The molecule has 1 atom stereocenters. The topological polar surface area (TPSA) is 84.1 Å². The lowest BCUT2D eigenvalue weighted by Gasteiger charge is -2.32. The molecule has 0 radical (unpaired) electrons. The molecule has 3 amide bonds. The minimum absolute atomic E-state index is 0.246. The van der Waals surface area contributed by atoms with Gasteiger partial charge in [-0.3, -0.25) is 19.5 Å². The van der Waals surface area contributed by atoms with E-state index >= 15 is 0 Å². The Bertz CT molecular complexity index is 738. The summed E-state index contributed by atoms with van der Waals surface area (Å²) in [6, 6.07) is -0.919. The molecular weight excluding hydrogens is 338 g/mol. The lowest BCUT2D eigenvalue weighted by molar-refractivity contribution is -0.527. The van der Waals surface area contributed by atoms with Gasteiger partial charge in [-0.15, -0.1) is 10.1 Å². The standard InChI is InChI=1S/C16H24N7O3/c1-11-10-22-12-13(19(2)16(25)20(3)14(12)24)17-15(22)23(18-11)5-4-21-6-8-26-9-7-21/h12H,4-10H2,1-3H3/q+1.